The van der Waals surface area contributed by atoms with Crippen LogP contribution >= 0.6 is 0 Å². The number of fused-ring (bicyclic) bond motifs is 1. The molecule has 0 unspecified atom stereocenters. The van der Waals surface area contributed by atoms with Crippen LogP contribution in [0.1, 0.15) is 31.1 Å². The van der Waals surface area contributed by atoms with E-state index in [-0.39, 0.29) is 25.1 Å². The minimum Gasteiger partial charge on any atom is -0.493 e. The van der Waals surface area contributed by atoms with Gasteiger partial charge in [0.15, 0.2) is 11.5 Å². The first-order valence-electron chi connectivity index (χ1n) is 11.0. The molecule has 2 aromatic carbocycles. The van der Waals surface area contributed by atoms with E-state index in [2.05, 4.69) is 0 Å². The van der Waals surface area contributed by atoms with Gasteiger partial charge in [-0.2, -0.15) is 0 Å². The molecular weight excluding hydrogens is 436 g/mol. The van der Waals surface area contributed by atoms with Crippen molar-refractivity contribution in [2.75, 3.05) is 34.5 Å². The Hall–Kier alpha value is -3.81. The number of rotatable bonds is 9. The van der Waals surface area contributed by atoms with E-state index in [1.54, 1.807) is 39.3 Å². The van der Waals surface area contributed by atoms with Crippen LogP contribution in [0.5, 0.6) is 17.2 Å². The number of hydrogen-bond donors (Lipinski definition) is 0. The second kappa shape index (κ2) is 10.9. The minimum absolute atomic E-state index is 0.138. The SMILES string of the molecule is CCOC(=O)CN(C(=O)c1cc(-c2cc(OC)c(OC)c(OC)c2)nc2ccccc12)C(C)C. The summed E-state index contributed by atoms with van der Waals surface area (Å²) in [6, 6.07) is 12.5. The van der Waals surface area contributed by atoms with Crippen LogP contribution < -0.4 is 14.2 Å². The Morgan fingerprint density at radius 1 is 0.971 bits per heavy atom. The fraction of sp³-hybridized carbons (Fsp3) is 0.346. The van der Waals surface area contributed by atoms with Gasteiger partial charge in [-0.3, -0.25) is 9.59 Å². The van der Waals surface area contributed by atoms with Crippen molar-refractivity contribution in [2.45, 2.75) is 26.8 Å². The monoisotopic (exact) mass is 466 g/mol. The number of pyridine rings is 1. The molecule has 0 radical (unpaired) electrons. The first kappa shape index (κ1) is 24.8. The summed E-state index contributed by atoms with van der Waals surface area (Å²) in [6.07, 6.45) is 0. The zero-order chi connectivity index (χ0) is 24.8. The lowest BCUT2D eigenvalue weighted by Crippen LogP contribution is -2.41. The Labute approximate surface area is 199 Å². The molecule has 0 N–H and O–H groups in total. The van der Waals surface area contributed by atoms with Gasteiger partial charge in [0.05, 0.1) is 44.7 Å². The third-order valence-corrected chi connectivity index (χ3v) is 5.40. The maximum Gasteiger partial charge on any atom is 0.325 e. The van der Waals surface area contributed by atoms with Gasteiger partial charge in [-0.15, -0.1) is 0 Å². The second-order valence-corrected chi connectivity index (χ2v) is 7.82. The van der Waals surface area contributed by atoms with Gasteiger partial charge in [0.1, 0.15) is 6.54 Å². The smallest absolute Gasteiger partial charge is 0.325 e. The molecule has 0 atom stereocenters. The first-order valence-corrected chi connectivity index (χ1v) is 11.0. The van der Waals surface area contributed by atoms with Gasteiger partial charge in [-0.1, -0.05) is 18.2 Å². The van der Waals surface area contributed by atoms with E-state index in [0.29, 0.717) is 45.0 Å². The first-order chi connectivity index (χ1) is 16.3. The van der Waals surface area contributed by atoms with Crippen LogP contribution in [-0.2, 0) is 9.53 Å². The Bertz CT molecular complexity index is 1170. The lowest BCUT2D eigenvalue weighted by molar-refractivity contribution is -0.144. The van der Waals surface area contributed by atoms with Crippen molar-refractivity contribution in [1.82, 2.24) is 9.88 Å². The zero-order valence-electron chi connectivity index (χ0n) is 20.4. The Kier molecular flexibility index (Phi) is 7.94. The van der Waals surface area contributed by atoms with Crippen molar-refractivity contribution in [3.05, 3.63) is 48.0 Å². The highest BCUT2D eigenvalue weighted by Gasteiger charge is 2.25. The van der Waals surface area contributed by atoms with Gasteiger partial charge in [0.2, 0.25) is 5.75 Å². The molecule has 34 heavy (non-hydrogen) atoms. The number of ether oxygens (including phenoxy) is 4. The van der Waals surface area contributed by atoms with E-state index in [9.17, 15) is 9.59 Å². The zero-order valence-corrected chi connectivity index (χ0v) is 20.4. The standard InChI is InChI=1S/C26H30N2O6/c1-7-34-24(29)15-28(16(2)3)26(30)19-14-21(27-20-11-9-8-10-18(19)20)17-12-22(31-4)25(33-6)23(13-17)32-5/h8-14,16H,7,15H2,1-6H3. The molecule has 0 fully saturated rings. The van der Waals surface area contributed by atoms with E-state index in [1.807, 2.05) is 38.1 Å². The maximum atomic E-state index is 13.7. The van der Waals surface area contributed by atoms with E-state index >= 15 is 0 Å². The number of carbonyl (C=O) groups is 2. The number of esters is 1. The molecule has 3 rings (SSSR count). The molecule has 0 aliphatic carbocycles. The Morgan fingerprint density at radius 3 is 2.18 bits per heavy atom. The third kappa shape index (κ3) is 5.06. The van der Waals surface area contributed by atoms with Crippen LogP contribution in [0, 0.1) is 0 Å². The summed E-state index contributed by atoms with van der Waals surface area (Å²) >= 11 is 0. The summed E-state index contributed by atoms with van der Waals surface area (Å²) in [5.41, 5.74) is 2.33. The molecule has 1 aromatic heterocycles. The normalized spacial score (nSPS) is 10.8. The van der Waals surface area contributed by atoms with E-state index in [1.165, 1.54) is 12.0 Å². The Morgan fingerprint density at radius 2 is 1.62 bits per heavy atom. The van der Waals surface area contributed by atoms with Crippen molar-refractivity contribution >= 4 is 22.8 Å². The Balaban J connectivity index is 2.18. The number of hydrogen-bond acceptors (Lipinski definition) is 7. The largest absolute Gasteiger partial charge is 0.493 e. The number of nitrogens with zero attached hydrogens (tertiary/aromatic N) is 2. The highest BCUT2D eigenvalue weighted by molar-refractivity contribution is 6.08. The van der Waals surface area contributed by atoms with Crippen LogP contribution in [0.3, 0.4) is 0 Å². The summed E-state index contributed by atoms with van der Waals surface area (Å²) in [4.78, 5) is 32.1. The summed E-state index contributed by atoms with van der Waals surface area (Å²) in [6.45, 7) is 5.57. The van der Waals surface area contributed by atoms with Crippen molar-refractivity contribution in [3.63, 3.8) is 0 Å². The molecule has 0 aliphatic heterocycles. The van der Waals surface area contributed by atoms with Gasteiger partial charge in [-0.05, 0) is 45.0 Å². The molecule has 0 spiro atoms. The van der Waals surface area contributed by atoms with Crippen molar-refractivity contribution in [1.29, 1.82) is 0 Å². The van der Waals surface area contributed by atoms with E-state index < -0.39 is 5.97 Å². The summed E-state index contributed by atoms with van der Waals surface area (Å²) in [7, 11) is 4.62. The van der Waals surface area contributed by atoms with Gasteiger partial charge in [0, 0.05) is 17.0 Å². The van der Waals surface area contributed by atoms with E-state index in [0.717, 1.165) is 0 Å². The molecule has 8 heteroatoms. The number of aromatic nitrogens is 1. The molecule has 0 aliphatic rings. The fourth-order valence-electron chi connectivity index (χ4n) is 3.72. The highest BCUT2D eigenvalue weighted by atomic mass is 16.5. The fourth-order valence-corrected chi connectivity index (χ4v) is 3.72. The summed E-state index contributed by atoms with van der Waals surface area (Å²) in [5, 5.41) is 0.693. The maximum absolute atomic E-state index is 13.7. The molecule has 0 saturated carbocycles. The molecule has 1 heterocycles. The minimum atomic E-state index is -0.451. The average Bonchev–Trinajstić information content (AvgIpc) is 2.85. The van der Waals surface area contributed by atoms with Crippen molar-refractivity contribution < 1.29 is 28.5 Å². The van der Waals surface area contributed by atoms with Crippen LogP contribution in [0.2, 0.25) is 0 Å². The summed E-state index contributed by atoms with van der Waals surface area (Å²) < 4.78 is 21.5. The summed E-state index contributed by atoms with van der Waals surface area (Å²) in [5.74, 6) is 0.686. The lowest BCUT2D eigenvalue weighted by Gasteiger charge is -2.26. The molecule has 0 saturated heterocycles. The topological polar surface area (TPSA) is 87.2 Å². The third-order valence-electron chi connectivity index (χ3n) is 5.40. The van der Waals surface area contributed by atoms with Gasteiger partial charge in [-0.25, -0.2) is 4.98 Å². The highest BCUT2D eigenvalue weighted by Crippen LogP contribution is 2.41. The van der Waals surface area contributed by atoms with Crippen molar-refractivity contribution in [2.24, 2.45) is 0 Å². The predicted octanol–water partition coefficient (Wildman–Crippen LogP) is 4.34. The average molecular weight is 467 g/mol. The quantitative estimate of drug-likeness (QED) is 0.434. The van der Waals surface area contributed by atoms with Crippen LogP contribution in [-0.4, -0.2) is 62.3 Å². The molecule has 0 bridgehead atoms. The van der Waals surface area contributed by atoms with Crippen LogP contribution in [0.15, 0.2) is 42.5 Å². The number of para-hydroxylation sites is 1. The molecular formula is C26H30N2O6. The molecule has 3 aromatic rings. The number of carbonyl (C=O) groups excluding carboxylic acids is 2. The lowest BCUT2D eigenvalue weighted by atomic mass is 10.0. The molecule has 1 amide bonds. The van der Waals surface area contributed by atoms with Crippen LogP contribution in [0.25, 0.3) is 22.2 Å². The van der Waals surface area contributed by atoms with E-state index in [4.69, 9.17) is 23.9 Å². The van der Waals surface area contributed by atoms with Gasteiger partial charge in [0.25, 0.3) is 5.91 Å². The molecule has 180 valence electrons. The number of benzene rings is 2. The second-order valence-electron chi connectivity index (χ2n) is 7.82. The number of methoxy groups -OCH3 is 3. The van der Waals surface area contributed by atoms with Crippen LogP contribution in [0.4, 0.5) is 0 Å². The molecule has 8 nitrogen and oxygen atoms in total. The number of amides is 1. The van der Waals surface area contributed by atoms with Gasteiger partial charge >= 0.3 is 5.97 Å². The van der Waals surface area contributed by atoms with Gasteiger partial charge < -0.3 is 23.8 Å². The predicted molar refractivity (Wildman–Crippen MR) is 130 cm³/mol. The van der Waals surface area contributed by atoms with Crippen molar-refractivity contribution in [3.8, 4) is 28.5 Å².